The number of aliphatic hydroxyl groups excluding tert-OH is 1. The molecule has 1 aliphatic carbocycles. The van der Waals surface area contributed by atoms with Crippen molar-refractivity contribution in [2.45, 2.75) is 38.3 Å². The fourth-order valence-corrected chi connectivity index (χ4v) is 1.68. The van der Waals surface area contributed by atoms with E-state index in [2.05, 4.69) is 12.2 Å². The summed E-state index contributed by atoms with van der Waals surface area (Å²) in [6.45, 7) is 2.92. The Morgan fingerprint density at radius 3 is 2.69 bits per heavy atom. The molecule has 1 saturated carbocycles. The van der Waals surface area contributed by atoms with Gasteiger partial charge < -0.3 is 15.2 Å². The summed E-state index contributed by atoms with van der Waals surface area (Å²) in [5.41, 5.74) is 0. The summed E-state index contributed by atoms with van der Waals surface area (Å²) in [5, 5.41) is 12.4. The number of ether oxygens (including phenoxy) is 1. The van der Waals surface area contributed by atoms with E-state index in [1.165, 1.54) is 19.3 Å². The van der Waals surface area contributed by atoms with Gasteiger partial charge in [0, 0.05) is 13.2 Å². The Labute approximate surface area is 80.5 Å². The van der Waals surface area contributed by atoms with Crippen LogP contribution in [0.1, 0.15) is 26.2 Å². The van der Waals surface area contributed by atoms with E-state index in [0.29, 0.717) is 12.6 Å². The molecule has 0 aromatic carbocycles. The first-order valence-corrected chi connectivity index (χ1v) is 5.12. The minimum atomic E-state index is 0.0961. The Kier molecular flexibility index (Phi) is 4.70. The first-order valence-electron chi connectivity index (χ1n) is 5.12. The van der Waals surface area contributed by atoms with Crippen LogP contribution in [0.3, 0.4) is 0 Å². The number of hydrogen-bond acceptors (Lipinski definition) is 3. The van der Waals surface area contributed by atoms with Crippen molar-refractivity contribution in [2.75, 3.05) is 20.3 Å². The zero-order valence-electron chi connectivity index (χ0n) is 8.62. The largest absolute Gasteiger partial charge is 0.395 e. The van der Waals surface area contributed by atoms with E-state index in [1.54, 1.807) is 7.11 Å². The maximum atomic E-state index is 9.01. The van der Waals surface area contributed by atoms with Crippen molar-refractivity contribution >= 4 is 0 Å². The fourth-order valence-electron chi connectivity index (χ4n) is 1.68. The van der Waals surface area contributed by atoms with Gasteiger partial charge in [-0.3, -0.25) is 0 Å². The quantitative estimate of drug-likeness (QED) is 0.618. The summed E-state index contributed by atoms with van der Waals surface area (Å²) in [6.07, 6.45) is 4.01. The smallest absolute Gasteiger partial charge is 0.0638 e. The third-order valence-electron chi connectivity index (χ3n) is 2.49. The van der Waals surface area contributed by atoms with Gasteiger partial charge in [0.1, 0.15) is 0 Å². The highest BCUT2D eigenvalue weighted by Gasteiger charge is 2.24. The van der Waals surface area contributed by atoms with E-state index in [0.717, 1.165) is 5.92 Å². The lowest BCUT2D eigenvalue weighted by Crippen LogP contribution is -2.42. The topological polar surface area (TPSA) is 41.5 Å². The molecule has 0 aliphatic heterocycles. The van der Waals surface area contributed by atoms with Crippen LogP contribution in [0, 0.1) is 5.92 Å². The predicted molar refractivity (Wildman–Crippen MR) is 52.7 cm³/mol. The van der Waals surface area contributed by atoms with E-state index < -0.39 is 0 Å². The molecule has 3 heteroatoms. The molecule has 1 rings (SSSR count). The van der Waals surface area contributed by atoms with Crippen LogP contribution in [0.25, 0.3) is 0 Å². The number of hydrogen-bond donors (Lipinski definition) is 2. The average Bonchev–Trinajstić information content (AvgIpc) is 2.87. The lowest BCUT2D eigenvalue weighted by atomic mass is 10.1. The standard InChI is InChI=1S/C10H21NO2/c1-8(5-9-3-4-9)11-10(6-12)7-13-2/h8-12H,3-7H2,1-2H3. The van der Waals surface area contributed by atoms with Gasteiger partial charge in [0.25, 0.3) is 0 Å². The zero-order valence-corrected chi connectivity index (χ0v) is 8.62. The molecule has 0 heterocycles. The number of methoxy groups -OCH3 is 1. The van der Waals surface area contributed by atoms with Crippen molar-refractivity contribution in [1.82, 2.24) is 5.32 Å². The van der Waals surface area contributed by atoms with Crippen LogP contribution in [0.5, 0.6) is 0 Å². The summed E-state index contributed by atoms with van der Waals surface area (Å²) in [6, 6.07) is 0.596. The van der Waals surface area contributed by atoms with E-state index >= 15 is 0 Å². The van der Waals surface area contributed by atoms with Gasteiger partial charge in [-0.15, -0.1) is 0 Å². The molecule has 1 aliphatic rings. The Balaban J connectivity index is 2.10. The van der Waals surface area contributed by atoms with Crippen molar-refractivity contribution in [1.29, 1.82) is 0 Å². The van der Waals surface area contributed by atoms with Crippen LogP contribution in [0.2, 0.25) is 0 Å². The average molecular weight is 187 g/mol. The molecule has 0 spiro atoms. The second kappa shape index (κ2) is 5.58. The molecule has 0 aromatic rings. The third kappa shape index (κ3) is 4.60. The SMILES string of the molecule is COCC(CO)NC(C)CC1CC1. The van der Waals surface area contributed by atoms with Crippen LogP contribution in [0.15, 0.2) is 0 Å². The first kappa shape index (κ1) is 11.0. The summed E-state index contributed by atoms with van der Waals surface area (Å²) in [5.74, 6) is 0.935. The summed E-state index contributed by atoms with van der Waals surface area (Å²) in [7, 11) is 1.66. The second-order valence-electron chi connectivity index (χ2n) is 4.08. The predicted octanol–water partition coefficient (Wildman–Crippen LogP) is 0.772. The normalized spacial score (nSPS) is 21.5. The minimum absolute atomic E-state index is 0.0961. The Hall–Kier alpha value is -0.120. The molecule has 78 valence electrons. The van der Waals surface area contributed by atoms with Crippen molar-refractivity contribution in [3.8, 4) is 0 Å². The third-order valence-corrected chi connectivity index (χ3v) is 2.49. The van der Waals surface area contributed by atoms with Crippen LogP contribution in [-0.2, 0) is 4.74 Å². The van der Waals surface area contributed by atoms with Crippen molar-refractivity contribution in [3.63, 3.8) is 0 Å². The van der Waals surface area contributed by atoms with Gasteiger partial charge >= 0.3 is 0 Å². The maximum absolute atomic E-state index is 9.01. The molecule has 1 fully saturated rings. The fraction of sp³-hybridized carbons (Fsp3) is 1.00. The lowest BCUT2D eigenvalue weighted by Gasteiger charge is -2.20. The van der Waals surface area contributed by atoms with Crippen LogP contribution in [-0.4, -0.2) is 37.5 Å². The molecule has 13 heavy (non-hydrogen) atoms. The number of aliphatic hydroxyl groups is 1. The van der Waals surface area contributed by atoms with Gasteiger partial charge in [0.05, 0.1) is 19.3 Å². The zero-order chi connectivity index (χ0) is 9.68. The molecular formula is C10H21NO2. The van der Waals surface area contributed by atoms with Crippen molar-refractivity contribution < 1.29 is 9.84 Å². The number of rotatable bonds is 7. The van der Waals surface area contributed by atoms with Gasteiger partial charge in [-0.25, -0.2) is 0 Å². The van der Waals surface area contributed by atoms with E-state index in [4.69, 9.17) is 9.84 Å². The van der Waals surface area contributed by atoms with E-state index in [1.807, 2.05) is 0 Å². The summed E-state index contributed by atoms with van der Waals surface area (Å²) in [4.78, 5) is 0. The highest BCUT2D eigenvalue weighted by atomic mass is 16.5. The molecule has 2 atom stereocenters. The minimum Gasteiger partial charge on any atom is -0.395 e. The summed E-state index contributed by atoms with van der Waals surface area (Å²) >= 11 is 0. The van der Waals surface area contributed by atoms with Gasteiger partial charge in [0.15, 0.2) is 0 Å². The van der Waals surface area contributed by atoms with E-state index in [-0.39, 0.29) is 12.6 Å². The van der Waals surface area contributed by atoms with Crippen LogP contribution < -0.4 is 5.32 Å². The van der Waals surface area contributed by atoms with Gasteiger partial charge in [-0.05, 0) is 19.3 Å². The molecular weight excluding hydrogens is 166 g/mol. The second-order valence-corrected chi connectivity index (χ2v) is 4.08. The van der Waals surface area contributed by atoms with E-state index in [9.17, 15) is 0 Å². The molecule has 0 radical (unpaired) electrons. The first-order chi connectivity index (χ1) is 6.26. The van der Waals surface area contributed by atoms with Gasteiger partial charge in [-0.1, -0.05) is 12.8 Å². The summed E-state index contributed by atoms with van der Waals surface area (Å²) < 4.78 is 4.99. The Morgan fingerprint density at radius 2 is 2.23 bits per heavy atom. The lowest BCUT2D eigenvalue weighted by molar-refractivity contribution is 0.122. The molecule has 0 aromatic heterocycles. The Bertz CT molecular complexity index is 137. The molecule has 2 unspecified atom stereocenters. The molecule has 0 bridgehead atoms. The highest BCUT2D eigenvalue weighted by molar-refractivity contribution is 4.80. The molecule has 0 saturated heterocycles. The molecule has 3 nitrogen and oxygen atoms in total. The number of nitrogens with one attached hydrogen (secondary N) is 1. The van der Waals surface area contributed by atoms with Crippen LogP contribution in [0.4, 0.5) is 0 Å². The Morgan fingerprint density at radius 1 is 1.54 bits per heavy atom. The van der Waals surface area contributed by atoms with Crippen molar-refractivity contribution in [2.24, 2.45) is 5.92 Å². The van der Waals surface area contributed by atoms with Crippen molar-refractivity contribution in [3.05, 3.63) is 0 Å². The van der Waals surface area contributed by atoms with Gasteiger partial charge in [0.2, 0.25) is 0 Å². The molecule has 0 amide bonds. The van der Waals surface area contributed by atoms with Gasteiger partial charge in [-0.2, -0.15) is 0 Å². The molecule has 2 N–H and O–H groups in total. The monoisotopic (exact) mass is 187 g/mol. The highest BCUT2D eigenvalue weighted by Crippen LogP contribution is 2.33. The maximum Gasteiger partial charge on any atom is 0.0638 e. The van der Waals surface area contributed by atoms with Crippen LogP contribution >= 0.6 is 0 Å².